The predicted molar refractivity (Wildman–Crippen MR) is 120 cm³/mol. The average molecular weight is 481 g/mol. The molecular formula is C20H28IN5O. The molecule has 1 amide bonds. The fraction of sp³-hybridized carbons (Fsp3) is 0.350. The van der Waals surface area contributed by atoms with Crippen LogP contribution in [0.25, 0.3) is 0 Å². The van der Waals surface area contributed by atoms with E-state index in [1.54, 1.807) is 18.1 Å². The van der Waals surface area contributed by atoms with E-state index >= 15 is 0 Å². The molecule has 0 aliphatic heterocycles. The summed E-state index contributed by atoms with van der Waals surface area (Å²) in [6.45, 7) is 1.90. The molecule has 0 unspecified atom stereocenters. The number of rotatable bonds is 8. The molecule has 0 spiro atoms. The third kappa shape index (κ3) is 8.85. The molecule has 1 aromatic heterocycles. The van der Waals surface area contributed by atoms with Crippen LogP contribution in [-0.2, 0) is 17.8 Å². The Balaban J connectivity index is 0.00000364. The molecule has 2 rings (SSSR count). The second kappa shape index (κ2) is 13.1. The van der Waals surface area contributed by atoms with Gasteiger partial charge in [-0.2, -0.15) is 0 Å². The van der Waals surface area contributed by atoms with Crippen molar-refractivity contribution in [1.82, 2.24) is 20.5 Å². The predicted octanol–water partition coefficient (Wildman–Crippen LogP) is 2.46. The van der Waals surface area contributed by atoms with E-state index < -0.39 is 0 Å². The van der Waals surface area contributed by atoms with Crippen molar-refractivity contribution in [3.63, 3.8) is 0 Å². The van der Waals surface area contributed by atoms with E-state index in [9.17, 15) is 4.79 Å². The lowest BCUT2D eigenvalue weighted by atomic mass is 10.2. The third-order valence-corrected chi connectivity index (χ3v) is 3.94. The lowest BCUT2D eigenvalue weighted by Gasteiger charge is -2.18. The van der Waals surface area contributed by atoms with E-state index in [1.165, 1.54) is 0 Å². The average Bonchev–Trinajstić information content (AvgIpc) is 2.68. The third-order valence-electron chi connectivity index (χ3n) is 3.94. The van der Waals surface area contributed by atoms with Gasteiger partial charge in [-0.1, -0.05) is 36.4 Å². The number of carbonyl (C=O) groups is 1. The summed E-state index contributed by atoms with van der Waals surface area (Å²) in [4.78, 5) is 22.4. The van der Waals surface area contributed by atoms with Crippen molar-refractivity contribution in [2.75, 3.05) is 27.2 Å². The van der Waals surface area contributed by atoms with Crippen molar-refractivity contribution in [2.45, 2.75) is 19.4 Å². The number of aliphatic imine (C=N–C) groups is 1. The number of amides is 1. The van der Waals surface area contributed by atoms with Crippen molar-refractivity contribution in [2.24, 2.45) is 4.99 Å². The summed E-state index contributed by atoms with van der Waals surface area (Å²) in [6.07, 6.45) is 3.03. The molecule has 2 N–H and O–H groups in total. The Morgan fingerprint density at radius 3 is 2.44 bits per heavy atom. The molecule has 1 heterocycles. The zero-order valence-electron chi connectivity index (χ0n) is 15.9. The number of hydrogen-bond donors (Lipinski definition) is 2. The minimum atomic E-state index is 0. The molecule has 0 radical (unpaired) electrons. The van der Waals surface area contributed by atoms with Gasteiger partial charge in [0.05, 0.1) is 0 Å². The molecule has 0 fully saturated rings. The second-order valence-corrected chi connectivity index (χ2v) is 5.98. The highest BCUT2D eigenvalue weighted by molar-refractivity contribution is 14.0. The van der Waals surface area contributed by atoms with Gasteiger partial charge in [0, 0.05) is 58.5 Å². The SMILES string of the molecule is CN=C(NCCC(=O)N(C)Cc1ccccc1)NCCc1ccccn1.I. The number of carbonyl (C=O) groups excluding carboxylic acids is 1. The van der Waals surface area contributed by atoms with Crippen LogP contribution in [0.3, 0.4) is 0 Å². The monoisotopic (exact) mass is 481 g/mol. The summed E-state index contributed by atoms with van der Waals surface area (Å²) in [6, 6.07) is 15.9. The normalized spacial score (nSPS) is 10.7. The maximum atomic E-state index is 12.2. The van der Waals surface area contributed by atoms with E-state index in [0.717, 1.165) is 24.2 Å². The first-order valence-electron chi connectivity index (χ1n) is 8.81. The van der Waals surface area contributed by atoms with Crippen molar-refractivity contribution in [3.8, 4) is 0 Å². The van der Waals surface area contributed by atoms with E-state index in [-0.39, 0.29) is 29.9 Å². The molecule has 0 aliphatic carbocycles. The van der Waals surface area contributed by atoms with Gasteiger partial charge in [-0.3, -0.25) is 14.8 Å². The number of nitrogens with zero attached hydrogens (tertiary/aromatic N) is 3. The number of hydrogen-bond acceptors (Lipinski definition) is 3. The standard InChI is InChI=1S/C20H27N5O.HI/c1-21-20(23-14-11-18-10-6-7-13-22-18)24-15-12-19(26)25(2)16-17-8-4-3-5-9-17;/h3-10,13H,11-12,14-16H2,1-2H3,(H2,21,23,24);1H. The zero-order chi connectivity index (χ0) is 18.6. The van der Waals surface area contributed by atoms with Crippen molar-refractivity contribution >= 4 is 35.8 Å². The van der Waals surface area contributed by atoms with Crippen LogP contribution in [0, 0.1) is 0 Å². The molecule has 146 valence electrons. The van der Waals surface area contributed by atoms with Crippen LogP contribution in [0.4, 0.5) is 0 Å². The number of benzene rings is 1. The molecule has 2 aromatic rings. The van der Waals surface area contributed by atoms with E-state index in [2.05, 4.69) is 20.6 Å². The Morgan fingerprint density at radius 2 is 1.78 bits per heavy atom. The number of guanidine groups is 1. The molecule has 7 heteroatoms. The Labute approximate surface area is 178 Å². The summed E-state index contributed by atoms with van der Waals surface area (Å²) in [5, 5.41) is 6.41. The fourth-order valence-corrected chi connectivity index (χ4v) is 2.50. The van der Waals surface area contributed by atoms with Crippen LogP contribution < -0.4 is 10.6 Å². The van der Waals surface area contributed by atoms with Gasteiger partial charge in [-0.05, 0) is 17.7 Å². The summed E-state index contributed by atoms with van der Waals surface area (Å²) < 4.78 is 0. The highest BCUT2D eigenvalue weighted by atomic mass is 127. The Morgan fingerprint density at radius 1 is 1.07 bits per heavy atom. The van der Waals surface area contributed by atoms with Gasteiger partial charge < -0.3 is 15.5 Å². The number of aromatic nitrogens is 1. The topological polar surface area (TPSA) is 69.6 Å². The van der Waals surface area contributed by atoms with Gasteiger partial charge in [-0.25, -0.2) is 0 Å². The van der Waals surface area contributed by atoms with Crippen molar-refractivity contribution < 1.29 is 4.79 Å². The Kier molecular flexibility index (Phi) is 11.1. The highest BCUT2D eigenvalue weighted by Gasteiger charge is 2.09. The fourth-order valence-electron chi connectivity index (χ4n) is 2.50. The minimum Gasteiger partial charge on any atom is -0.356 e. The first-order valence-corrected chi connectivity index (χ1v) is 8.81. The van der Waals surface area contributed by atoms with Crippen LogP contribution >= 0.6 is 24.0 Å². The van der Waals surface area contributed by atoms with Gasteiger partial charge in [-0.15, -0.1) is 24.0 Å². The van der Waals surface area contributed by atoms with Crippen molar-refractivity contribution in [1.29, 1.82) is 0 Å². The van der Waals surface area contributed by atoms with Crippen LogP contribution in [0.15, 0.2) is 59.7 Å². The van der Waals surface area contributed by atoms with Crippen LogP contribution in [0.2, 0.25) is 0 Å². The molecule has 0 saturated heterocycles. The van der Waals surface area contributed by atoms with Gasteiger partial charge >= 0.3 is 0 Å². The van der Waals surface area contributed by atoms with Crippen LogP contribution in [0.1, 0.15) is 17.7 Å². The van der Waals surface area contributed by atoms with E-state index in [1.807, 2.05) is 55.6 Å². The van der Waals surface area contributed by atoms with Gasteiger partial charge in [0.2, 0.25) is 5.91 Å². The first-order chi connectivity index (χ1) is 12.7. The summed E-state index contributed by atoms with van der Waals surface area (Å²) in [5.41, 5.74) is 2.16. The van der Waals surface area contributed by atoms with Gasteiger partial charge in [0.25, 0.3) is 0 Å². The van der Waals surface area contributed by atoms with Gasteiger partial charge in [0.15, 0.2) is 5.96 Å². The minimum absolute atomic E-state index is 0. The highest BCUT2D eigenvalue weighted by Crippen LogP contribution is 2.03. The largest absolute Gasteiger partial charge is 0.356 e. The first kappa shape index (κ1) is 22.9. The molecule has 6 nitrogen and oxygen atoms in total. The summed E-state index contributed by atoms with van der Waals surface area (Å²) >= 11 is 0. The quantitative estimate of drug-likeness (QED) is 0.346. The molecule has 1 aromatic carbocycles. The Hall–Kier alpha value is -2.16. The Bertz CT molecular complexity index is 694. The van der Waals surface area contributed by atoms with Gasteiger partial charge in [0.1, 0.15) is 0 Å². The zero-order valence-corrected chi connectivity index (χ0v) is 18.2. The lowest BCUT2D eigenvalue weighted by Crippen LogP contribution is -2.40. The van der Waals surface area contributed by atoms with Crippen LogP contribution in [-0.4, -0.2) is 48.9 Å². The second-order valence-electron chi connectivity index (χ2n) is 5.98. The molecule has 0 saturated carbocycles. The lowest BCUT2D eigenvalue weighted by molar-refractivity contribution is -0.130. The number of halogens is 1. The summed E-state index contributed by atoms with van der Waals surface area (Å²) in [5.74, 6) is 0.796. The molecule has 0 bridgehead atoms. The molecular weight excluding hydrogens is 453 g/mol. The van der Waals surface area contributed by atoms with Crippen molar-refractivity contribution in [3.05, 3.63) is 66.0 Å². The number of pyridine rings is 1. The smallest absolute Gasteiger partial charge is 0.224 e. The maximum absolute atomic E-state index is 12.2. The molecule has 27 heavy (non-hydrogen) atoms. The van der Waals surface area contributed by atoms with Crippen LogP contribution in [0.5, 0.6) is 0 Å². The maximum Gasteiger partial charge on any atom is 0.224 e. The summed E-state index contributed by atoms with van der Waals surface area (Å²) in [7, 11) is 3.55. The molecule has 0 atom stereocenters. The number of nitrogens with one attached hydrogen (secondary N) is 2. The molecule has 0 aliphatic rings. The van der Waals surface area contributed by atoms with E-state index in [4.69, 9.17) is 0 Å². The van der Waals surface area contributed by atoms with E-state index in [0.29, 0.717) is 25.5 Å².